The number of para-hydroxylation sites is 1. The number of sulfonamides is 1. The van der Waals surface area contributed by atoms with Crippen LogP contribution in [0.3, 0.4) is 0 Å². The fourth-order valence-electron chi connectivity index (χ4n) is 2.61. The summed E-state index contributed by atoms with van der Waals surface area (Å²) in [6.45, 7) is 0. The van der Waals surface area contributed by atoms with Crippen LogP contribution in [-0.4, -0.2) is 30.2 Å². The number of hydrogen-bond acceptors (Lipinski definition) is 3. The first-order valence-electron chi connectivity index (χ1n) is 7.36. The van der Waals surface area contributed by atoms with E-state index in [-0.39, 0.29) is 30.6 Å². The molecule has 23 heavy (non-hydrogen) atoms. The van der Waals surface area contributed by atoms with Gasteiger partial charge in [0.05, 0.1) is 18.1 Å². The van der Waals surface area contributed by atoms with Gasteiger partial charge in [0.15, 0.2) is 0 Å². The van der Waals surface area contributed by atoms with Gasteiger partial charge in [0, 0.05) is 18.9 Å². The maximum atomic E-state index is 13.1. The minimum Gasteiger partial charge on any atom is -0.240 e. The van der Waals surface area contributed by atoms with Crippen LogP contribution in [0, 0.1) is 0 Å². The largest absolute Gasteiger partial charge is 0.248 e. The second-order valence-electron chi connectivity index (χ2n) is 5.71. The normalized spacial score (nSPS) is 18.9. The lowest BCUT2D eigenvalue weighted by molar-refractivity contribution is -0.0387. The third-order valence-corrected chi connectivity index (χ3v) is 5.40. The highest BCUT2D eigenvalue weighted by Gasteiger charge is 2.36. The molecule has 124 valence electrons. The molecule has 0 spiro atoms. The van der Waals surface area contributed by atoms with Crippen molar-refractivity contribution < 1.29 is 17.2 Å². The van der Waals surface area contributed by atoms with Gasteiger partial charge in [-0.05, 0) is 25.0 Å². The van der Waals surface area contributed by atoms with Crippen LogP contribution in [-0.2, 0) is 10.0 Å². The Balaban J connectivity index is 1.72. The monoisotopic (exact) mass is 341 g/mol. The molecule has 1 aromatic heterocycles. The van der Waals surface area contributed by atoms with E-state index in [1.54, 1.807) is 12.1 Å². The van der Waals surface area contributed by atoms with E-state index in [4.69, 9.17) is 0 Å². The highest BCUT2D eigenvalue weighted by atomic mass is 32.2. The third-order valence-electron chi connectivity index (χ3n) is 3.93. The Morgan fingerprint density at radius 3 is 2.48 bits per heavy atom. The van der Waals surface area contributed by atoms with E-state index in [1.165, 1.54) is 17.1 Å². The summed E-state index contributed by atoms with van der Waals surface area (Å²) in [5.41, 5.74) is 0.742. The number of rotatable bonds is 4. The molecule has 0 atom stereocenters. The summed E-state index contributed by atoms with van der Waals surface area (Å²) < 4.78 is 54.9. The molecule has 3 rings (SSSR count). The van der Waals surface area contributed by atoms with Gasteiger partial charge in [-0.3, -0.25) is 0 Å². The molecule has 0 radical (unpaired) electrons. The van der Waals surface area contributed by atoms with Crippen molar-refractivity contribution in [3.8, 4) is 5.69 Å². The van der Waals surface area contributed by atoms with Gasteiger partial charge < -0.3 is 0 Å². The van der Waals surface area contributed by atoms with Gasteiger partial charge in [0.25, 0.3) is 0 Å². The summed E-state index contributed by atoms with van der Waals surface area (Å²) in [4.78, 5) is 0.0266. The highest BCUT2D eigenvalue weighted by molar-refractivity contribution is 7.89. The summed E-state index contributed by atoms with van der Waals surface area (Å²) in [6.07, 6.45) is 2.37. The number of nitrogens with zero attached hydrogens (tertiary/aromatic N) is 2. The zero-order valence-electron chi connectivity index (χ0n) is 12.3. The molecule has 5 nitrogen and oxygen atoms in total. The standard InChI is InChI=1S/C15H17F2N3O2S/c16-15(17)8-6-12(7-9-15)19-23(21,22)14-10-18-20(11-14)13-4-2-1-3-5-13/h1-5,10-12,19H,6-9H2. The molecule has 1 aromatic carbocycles. The van der Waals surface area contributed by atoms with Gasteiger partial charge in [-0.25, -0.2) is 26.6 Å². The number of halogens is 2. The molecule has 0 amide bonds. The van der Waals surface area contributed by atoms with Gasteiger partial charge >= 0.3 is 0 Å². The van der Waals surface area contributed by atoms with Crippen molar-refractivity contribution in [1.29, 1.82) is 0 Å². The Morgan fingerprint density at radius 1 is 1.17 bits per heavy atom. The predicted molar refractivity (Wildman–Crippen MR) is 81.1 cm³/mol. The maximum absolute atomic E-state index is 13.1. The number of alkyl halides is 2. The van der Waals surface area contributed by atoms with Crippen LogP contribution < -0.4 is 4.72 Å². The zero-order valence-corrected chi connectivity index (χ0v) is 13.1. The fraction of sp³-hybridized carbons (Fsp3) is 0.400. The molecule has 1 aliphatic carbocycles. The maximum Gasteiger partial charge on any atom is 0.248 e. The fourth-order valence-corrected chi connectivity index (χ4v) is 3.85. The molecule has 1 fully saturated rings. The summed E-state index contributed by atoms with van der Waals surface area (Å²) >= 11 is 0. The summed E-state index contributed by atoms with van der Waals surface area (Å²) in [6, 6.07) is 8.65. The van der Waals surface area contributed by atoms with Crippen molar-refractivity contribution in [2.75, 3.05) is 0 Å². The average Bonchev–Trinajstić information content (AvgIpc) is 3.01. The molecule has 2 aromatic rings. The topological polar surface area (TPSA) is 64.0 Å². The van der Waals surface area contributed by atoms with Crippen LogP contribution in [0.15, 0.2) is 47.6 Å². The van der Waals surface area contributed by atoms with Crippen LogP contribution in [0.5, 0.6) is 0 Å². The molecule has 0 aliphatic heterocycles. The first kappa shape index (κ1) is 16.1. The molecule has 8 heteroatoms. The van der Waals surface area contributed by atoms with E-state index in [9.17, 15) is 17.2 Å². The van der Waals surface area contributed by atoms with E-state index < -0.39 is 22.0 Å². The van der Waals surface area contributed by atoms with Crippen molar-refractivity contribution in [3.63, 3.8) is 0 Å². The van der Waals surface area contributed by atoms with E-state index in [0.717, 1.165) is 5.69 Å². The number of hydrogen-bond donors (Lipinski definition) is 1. The van der Waals surface area contributed by atoms with Crippen LogP contribution in [0.25, 0.3) is 5.69 Å². The van der Waals surface area contributed by atoms with E-state index in [1.807, 2.05) is 18.2 Å². The molecule has 1 aliphatic rings. The Morgan fingerprint density at radius 2 is 1.83 bits per heavy atom. The van der Waals surface area contributed by atoms with Crippen molar-refractivity contribution in [2.45, 2.75) is 42.5 Å². The quantitative estimate of drug-likeness (QED) is 0.930. The highest BCUT2D eigenvalue weighted by Crippen LogP contribution is 2.33. The van der Waals surface area contributed by atoms with Gasteiger partial charge in [-0.2, -0.15) is 5.10 Å². The summed E-state index contributed by atoms with van der Waals surface area (Å²) in [5.74, 6) is -2.68. The van der Waals surface area contributed by atoms with Gasteiger partial charge in [0.2, 0.25) is 15.9 Å². The van der Waals surface area contributed by atoms with Crippen LogP contribution in [0.1, 0.15) is 25.7 Å². The Kier molecular flexibility index (Phi) is 4.20. The SMILES string of the molecule is O=S(=O)(NC1CCC(F)(F)CC1)c1cnn(-c2ccccc2)c1. The van der Waals surface area contributed by atoms with E-state index in [2.05, 4.69) is 9.82 Å². The second kappa shape index (κ2) is 6.01. The predicted octanol–water partition coefficient (Wildman–Crippen LogP) is 2.73. The molecule has 1 N–H and O–H groups in total. The van der Waals surface area contributed by atoms with Crippen LogP contribution in [0.4, 0.5) is 8.78 Å². The Labute approximate surface area is 133 Å². The number of nitrogens with one attached hydrogen (secondary N) is 1. The van der Waals surface area contributed by atoms with Crippen LogP contribution >= 0.6 is 0 Å². The Hall–Kier alpha value is -1.80. The molecule has 1 heterocycles. The third kappa shape index (κ3) is 3.76. The number of aromatic nitrogens is 2. The van der Waals surface area contributed by atoms with Crippen molar-refractivity contribution in [1.82, 2.24) is 14.5 Å². The lowest BCUT2D eigenvalue weighted by Gasteiger charge is -2.28. The summed E-state index contributed by atoms with van der Waals surface area (Å²) in [5, 5.41) is 4.05. The second-order valence-corrected chi connectivity index (χ2v) is 7.42. The molecular weight excluding hydrogens is 324 g/mol. The average molecular weight is 341 g/mol. The smallest absolute Gasteiger partial charge is 0.240 e. The first-order valence-corrected chi connectivity index (χ1v) is 8.84. The molecule has 0 bridgehead atoms. The molecule has 0 saturated heterocycles. The molecule has 1 saturated carbocycles. The molecular formula is C15H17F2N3O2S. The van der Waals surface area contributed by atoms with Gasteiger partial charge in [-0.1, -0.05) is 18.2 Å². The number of benzene rings is 1. The van der Waals surface area contributed by atoms with Gasteiger partial charge in [0.1, 0.15) is 4.90 Å². The Bertz CT molecular complexity index is 765. The zero-order chi connectivity index (χ0) is 16.5. The molecule has 0 unspecified atom stereocenters. The van der Waals surface area contributed by atoms with E-state index >= 15 is 0 Å². The van der Waals surface area contributed by atoms with Crippen molar-refractivity contribution in [2.24, 2.45) is 0 Å². The lowest BCUT2D eigenvalue weighted by atomic mass is 9.93. The van der Waals surface area contributed by atoms with Crippen molar-refractivity contribution >= 4 is 10.0 Å². The van der Waals surface area contributed by atoms with Crippen LogP contribution in [0.2, 0.25) is 0 Å². The minimum absolute atomic E-state index is 0.0266. The van der Waals surface area contributed by atoms with E-state index in [0.29, 0.717) is 0 Å². The van der Waals surface area contributed by atoms with Crippen molar-refractivity contribution in [3.05, 3.63) is 42.7 Å². The lowest BCUT2D eigenvalue weighted by Crippen LogP contribution is -2.40. The minimum atomic E-state index is -3.76. The summed E-state index contributed by atoms with van der Waals surface area (Å²) in [7, 11) is -3.76. The van der Waals surface area contributed by atoms with Gasteiger partial charge in [-0.15, -0.1) is 0 Å². The first-order chi connectivity index (χ1) is 10.9.